The van der Waals surface area contributed by atoms with Crippen molar-refractivity contribution in [3.8, 4) is 34.8 Å². The Morgan fingerprint density at radius 1 is 0.833 bits per heavy atom. The van der Waals surface area contributed by atoms with E-state index in [1.807, 2.05) is 60.7 Å². The van der Waals surface area contributed by atoms with E-state index in [0.29, 0.717) is 29.7 Å². The van der Waals surface area contributed by atoms with Gasteiger partial charge in [-0.15, -0.1) is 0 Å². The van der Waals surface area contributed by atoms with Gasteiger partial charge in [0.2, 0.25) is 0 Å². The fourth-order valence-electron chi connectivity index (χ4n) is 3.19. The number of hydrogen-bond donors (Lipinski definition) is 0. The van der Waals surface area contributed by atoms with Crippen LogP contribution in [0.5, 0.6) is 23.0 Å². The minimum atomic E-state index is -0.375. The molecule has 186 valence electrons. The molecule has 0 aromatic heterocycles. The average Bonchev–Trinajstić information content (AvgIpc) is 2.91. The third-order valence-electron chi connectivity index (χ3n) is 5.14. The van der Waals surface area contributed by atoms with Crippen LogP contribution in [-0.4, -0.2) is 26.3 Å². The minimum Gasteiger partial charge on any atom is -0.497 e. The number of benzene rings is 3. The summed E-state index contributed by atoms with van der Waals surface area (Å²) in [6.45, 7) is 4.42. The summed E-state index contributed by atoms with van der Waals surface area (Å²) in [6, 6.07) is 20.5. The largest absolute Gasteiger partial charge is 0.497 e. The molecule has 6 heteroatoms. The van der Waals surface area contributed by atoms with E-state index in [1.54, 1.807) is 13.2 Å². The van der Waals surface area contributed by atoms with E-state index in [0.717, 1.165) is 48.3 Å². The van der Waals surface area contributed by atoms with Gasteiger partial charge in [-0.25, -0.2) is 4.79 Å². The zero-order valence-electron chi connectivity index (χ0n) is 20.3. The van der Waals surface area contributed by atoms with Crippen LogP contribution in [0.1, 0.15) is 36.8 Å². The first-order chi connectivity index (χ1) is 17.6. The lowest BCUT2D eigenvalue weighted by atomic mass is 10.1. The van der Waals surface area contributed by atoms with Crippen LogP contribution in [0.25, 0.3) is 0 Å². The van der Waals surface area contributed by atoms with Crippen molar-refractivity contribution >= 4 is 17.6 Å². The van der Waals surface area contributed by atoms with Gasteiger partial charge in [0.1, 0.15) is 23.0 Å². The third-order valence-corrected chi connectivity index (χ3v) is 5.44. The van der Waals surface area contributed by atoms with Gasteiger partial charge in [0, 0.05) is 17.2 Å². The van der Waals surface area contributed by atoms with Crippen LogP contribution in [0.2, 0.25) is 5.02 Å². The molecule has 0 fully saturated rings. The van der Waals surface area contributed by atoms with Crippen molar-refractivity contribution in [1.29, 1.82) is 0 Å². The highest BCUT2D eigenvalue weighted by Gasteiger charge is 2.05. The van der Waals surface area contributed by atoms with Crippen LogP contribution in [0.4, 0.5) is 0 Å². The molecule has 3 rings (SSSR count). The number of halogens is 1. The van der Waals surface area contributed by atoms with E-state index in [1.165, 1.54) is 6.08 Å². The Morgan fingerprint density at radius 3 is 2.11 bits per heavy atom. The Labute approximate surface area is 217 Å². The van der Waals surface area contributed by atoms with Crippen molar-refractivity contribution in [2.75, 3.05) is 20.3 Å². The molecular weight excluding hydrogens is 476 g/mol. The zero-order chi connectivity index (χ0) is 25.6. The number of carbonyl (C=O) groups excluding carboxylic acids is 1. The van der Waals surface area contributed by atoms with E-state index in [-0.39, 0.29) is 5.97 Å². The Balaban J connectivity index is 1.42. The van der Waals surface area contributed by atoms with Gasteiger partial charge in [-0.3, -0.25) is 0 Å². The highest BCUT2D eigenvalue weighted by Crippen LogP contribution is 2.31. The van der Waals surface area contributed by atoms with Gasteiger partial charge in [-0.05, 0) is 92.4 Å². The lowest BCUT2D eigenvalue weighted by Crippen LogP contribution is -2.02. The maximum Gasteiger partial charge on any atom is 0.330 e. The number of hydrogen-bond acceptors (Lipinski definition) is 5. The summed E-state index contributed by atoms with van der Waals surface area (Å²) in [4.78, 5) is 11.0. The molecule has 0 aliphatic rings. The number of methoxy groups -OCH3 is 1. The number of rotatable bonds is 12. The normalized spacial score (nSPS) is 10.1. The first-order valence-corrected chi connectivity index (χ1v) is 12.1. The molecule has 0 unspecified atom stereocenters. The Bertz CT molecular complexity index is 1190. The van der Waals surface area contributed by atoms with E-state index in [4.69, 9.17) is 30.5 Å². The molecule has 0 aliphatic heterocycles. The van der Waals surface area contributed by atoms with Gasteiger partial charge < -0.3 is 18.9 Å². The van der Waals surface area contributed by atoms with Gasteiger partial charge in [-0.1, -0.05) is 30.0 Å². The van der Waals surface area contributed by atoms with Crippen molar-refractivity contribution in [2.24, 2.45) is 0 Å². The van der Waals surface area contributed by atoms with Crippen molar-refractivity contribution in [2.45, 2.75) is 25.7 Å². The lowest BCUT2D eigenvalue weighted by molar-refractivity contribution is -0.137. The summed E-state index contributed by atoms with van der Waals surface area (Å²) >= 11 is 6.42. The van der Waals surface area contributed by atoms with E-state index in [2.05, 4.69) is 18.4 Å². The van der Waals surface area contributed by atoms with Crippen LogP contribution >= 0.6 is 11.6 Å². The molecule has 0 atom stereocenters. The Morgan fingerprint density at radius 2 is 1.44 bits per heavy atom. The molecule has 5 nitrogen and oxygen atoms in total. The van der Waals surface area contributed by atoms with Gasteiger partial charge in [0.25, 0.3) is 0 Å². The molecule has 0 saturated carbocycles. The molecule has 0 spiro atoms. The highest BCUT2D eigenvalue weighted by atomic mass is 35.5. The first kappa shape index (κ1) is 26.7. The van der Waals surface area contributed by atoms with E-state index in [9.17, 15) is 4.79 Å². The lowest BCUT2D eigenvalue weighted by Gasteiger charge is -2.10. The Hall–Kier alpha value is -3.88. The standard InChI is InChI=1S/C30H29ClO5/c1-3-30(32)35-21-7-5-4-6-20-34-26-15-17-27(18-16-26)36-29-19-12-24(22-28(29)31)9-8-23-10-13-25(33-2)14-11-23/h3,10-19,22H,1,4-7,20-21H2,2H3. The minimum absolute atomic E-state index is 0.375. The van der Waals surface area contributed by atoms with Crippen molar-refractivity contribution in [3.05, 3.63) is 95.5 Å². The maximum absolute atomic E-state index is 11.0. The fourth-order valence-corrected chi connectivity index (χ4v) is 3.41. The van der Waals surface area contributed by atoms with Gasteiger partial charge in [0.05, 0.1) is 25.3 Å². The molecular formula is C30H29ClO5. The quantitative estimate of drug-likeness (QED) is 0.113. The third kappa shape index (κ3) is 9.05. The van der Waals surface area contributed by atoms with E-state index < -0.39 is 0 Å². The van der Waals surface area contributed by atoms with Gasteiger partial charge >= 0.3 is 5.97 Å². The van der Waals surface area contributed by atoms with Crippen LogP contribution in [-0.2, 0) is 9.53 Å². The molecule has 0 heterocycles. The molecule has 0 amide bonds. The second-order valence-electron chi connectivity index (χ2n) is 7.83. The monoisotopic (exact) mass is 504 g/mol. The molecule has 3 aromatic carbocycles. The van der Waals surface area contributed by atoms with Crippen molar-refractivity contribution in [3.63, 3.8) is 0 Å². The van der Waals surface area contributed by atoms with Crippen LogP contribution in [0.15, 0.2) is 79.4 Å². The SMILES string of the molecule is C=CC(=O)OCCCCCCOc1ccc(Oc2ccc(C#Cc3ccc(OC)cc3)cc2Cl)cc1. The van der Waals surface area contributed by atoms with Gasteiger partial charge in [0.15, 0.2) is 0 Å². The summed E-state index contributed by atoms with van der Waals surface area (Å²) < 4.78 is 21.8. The second-order valence-corrected chi connectivity index (χ2v) is 8.24. The van der Waals surface area contributed by atoms with E-state index >= 15 is 0 Å². The number of unbranched alkanes of at least 4 members (excludes halogenated alkanes) is 3. The molecule has 0 radical (unpaired) electrons. The Kier molecular flexibility index (Phi) is 10.8. The van der Waals surface area contributed by atoms with Crippen LogP contribution in [0, 0.1) is 11.8 Å². The summed E-state index contributed by atoms with van der Waals surface area (Å²) in [6.07, 6.45) is 4.93. The van der Waals surface area contributed by atoms with Crippen LogP contribution < -0.4 is 14.2 Å². The summed E-state index contributed by atoms with van der Waals surface area (Å²) in [5.41, 5.74) is 1.69. The first-order valence-electron chi connectivity index (χ1n) is 11.7. The highest BCUT2D eigenvalue weighted by molar-refractivity contribution is 6.32. The predicted molar refractivity (Wildman–Crippen MR) is 142 cm³/mol. The topological polar surface area (TPSA) is 54.0 Å². The molecule has 36 heavy (non-hydrogen) atoms. The number of esters is 1. The molecule has 0 aliphatic carbocycles. The van der Waals surface area contributed by atoms with Gasteiger partial charge in [-0.2, -0.15) is 0 Å². The number of ether oxygens (including phenoxy) is 4. The molecule has 3 aromatic rings. The smallest absolute Gasteiger partial charge is 0.330 e. The fraction of sp³-hybridized carbons (Fsp3) is 0.233. The predicted octanol–water partition coefficient (Wildman–Crippen LogP) is 7.21. The molecule has 0 bridgehead atoms. The average molecular weight is 505 g/mol. The maximum atomic E-state index is 11.0. The second kappa shape index (κ2) is 14.5. The summed E-state index contributed by atoms with van der Waals surface area (Å²) in [7, 11) is 1.63. The summed E-state index contributed by atoms with van der Waals surface area (Å²) in [5.74, 6) is 8.64. The molecule has 0 N–H and O–H groups in total. The molecule has 0 saturated heterocycles. The number of carbonyl (C=O) groups is 1. The van der Waals surface area contributed by atoms with Crippen molar-refractivity contribution in [1.82, 2.24) is 0 Å². The van der Waals surface area contributed by atoms with Crippen LogP contribution in [0.3, 0.4) is 0 Å². The summed E-state index contributed by atoms with van der Waals surface area (Å²) in [5, 5.41) is 0.483. The van der Waals surface area contributed by atoms with Crippen molar-refractivity contribution < 1.29 is 23.7 Å². The zero-order valence-corrected chi connectivity index (χ0v) is 21.1.